The molecule has 1 fully saturated rings. The molecule has 3 aromatic heterocycles. The minimum absolute atomic E-state index is 0.0922. The zero-order valence-electron chi connectivity index (χ0n) is 19.0. The van der Waals surface area contributed by atoms with Crippen LogP contribution in [-0.4, -0.2) is 73.0 Å². The van der Waals surface area contributed by atoms with Crippen molar-refractivity contribution in [1.29, 1.82) is 0 Å². The number of aliphatic hydroxyl groups excluding tert-OH is 2. The van der Waals surface area contributed by atoms with E-state index in [1.807, 2.05) is 17.9 Å². The predicted molar refractivity (Wildman–Crippen MR) is 122 cm³/mol. The molecule has 3 atom stereocenters. The summed E-state index contributed by atoms with van der Waals surface area (Å²) in [7, 11) is 0. The van der Waals surface area contributed by atoms with Crippen LogP contribution in [0.3, 0.4) is 0 Å². The molecule has 5 rings (SSSR count). The Labute approximate surface area is 202 Å². The first-order chi connectivity index (χ1) is 16.8. The molecule has 0 aromatic carbocycles. The minimum atomic E-state index is -4.55. The molecule has 190 valence electrons. The lowest BCUT2D eigenvalue weighted by atomic mass is 10.2. The van der Waals surface area contributed by atoms with Gasteiger partial charge in [0.1, 0.15) is 10.6 Å². The molecule has 1 saturated carbocycles. The molecule has 2 aliphatic rings. The number of alkyl halides is 3. The van der Waals surface area contributed by atoms with Crippen molar-refractivity contribution in [2.24, 2.45) is 0 Å². The Morgan fingerprint density at radius 3 is 2.80 bits per heavy atom. The fourth-order valence-corrected chi connectivity index (χ4v) is 5.61. The first-order valence-electron chi connectivity index (χ1n) is 11.5. The van der Waals surface area contributed by atoms with Crippen LogP contribution in [-0.2, 0) is 30.4 Å². The second kappa shape index (κ2) is 9.48. The van der Waals surface area contributed by atoms with Crippen molar-refractivity contribution in [2.75, 3.05) is 30.0 Å². The fourth-order valence-electron chi connectivity index (χ4n) is 4.64. The third-order valence-electron chi connectivity index (χ3n) is 6.31. The first-order valence-corrected chi connectivity index (χ1v) is 12.3. The van der Waals surface area contributed by atoms with Gasteiger partial charge in [0.25, 0.3) is 0 Å². The van der Waals surface area contributed by atoms with E-state index in [4.69, 9.17) is 14.8 Å². The molecular weight excluding hydrogens is 487 g/mol. The number of fused-ring (bicyclic) bond motifs is 2. The van der Waals surface area contributed by atoms with Gasteiger partial charge in [-0.25, -0.2) is 4.98 Å². The maximum atomic E-state index is 13.2. The molecule has 0 saturated heterocycles. The number of hydrogen-bond acceptors (Lipinski definition) is 10. The van der Waals surface area contributed by atoms with Crippen LogP contribution in [0.2, 0.25) is 0 Å². The summed E-state index contributed by atoms with van der Waals surface area (Å²) in [4.78, 5) is 13.2. The lowest BCUT2D eigenvalue weighted by molar-refractivity contribution is -0.147. The van der Waals surface area contributed by atoms with Crippen LogP contribution in [0.25, 0.3) is 10.2 Å². The van der Waals surface area contributed by atoms with Crippen LogP contribution in [0.4, 0.5) is 24.9 Å². The molecule has 14 heteroatoms. The summed E-state index contributed by atoms with van der Waals surface area (Å²) in [5.41, 5.74) is 0. The number of aliphatic hydroxyl groups is 2. The Hall–Kier alpha value is -2.55. The van der Waals surface area contributed by atoms with Gasteiger partial charge in [0, 0.05) is 24.0 Å². The summed E-state index contributed by atoms with van der Waals surface area (Å²) in [5.74, 6) is 0.269. The monoisotopic (exact) mass is 513 g/mol. The van der Waals surface area contributed by atoms with Crippen molar-refractivity contribution >= 4 is 33.3 Å². The molecule has 1 aliphatic heterocycles. The van der Waals surface area contributed by atoms with Gasteiger partial charge < -0.3 is 29.7 Å². The number of nitrogens with one attached hydrogen (secondary N) is 1. The van der Waals surface area contributed by atoms with Crippen LogP contribution in [0.1, 0.15) is 36.3 Å². The largest absolute Gasteiger partial charge is 0.451 e. The Bertz CT molecular complexity index is 1200. The standard InChI is InChI=1S/C21H26F3N7O3S/c1-2-12-9-13-17(30-3-4-31-16(10-30)28-29-19(31)21(22,23)24)26-20(27-18(13)35-12)25-11-7-14(33)15(8-11)34-6-5-32/h9,11,14-15,32-33H,2-8,10H2,1H3,(H,25,26,27)/t11-,14-,15-/m0/s1. The van der Waals surface area contributed by atoms with E-state index in [1.54, 1.807) is 11.3 Å². The van der Waals surface area contributed by atoms with Gasteiger partial charge in [0.15, 0.2) is 5.82 Å². The predicted octanol–water partition coefficient (Wildman–Crippen LogP) is 2.20. The average molecular weight is 514 g/mol. The smallest absolute Gasteiger partial charge is 0.394 e. The van der Waals surface area contributed by atoms with Crippen LogP contribution >= 0.6 is 11.3 Å². The Morgan fingerprint density at radius 2 is 2.06 bits per heavy atom. The van der Waals surface area contributed by atoms with Gasteiger partial charge in [-0.15, -0.1) is 21.5 Å². The van der Waals surface area contributed by atoms with Crippen molar-refractivity contribution in [2.45, 2.75) is 63.7 Å². The fraction of sp³-hybridized carbons (Fsp3) is 0.619. The highest BCUT2D eigenvalue weighted by atomic mass is 32.1. The summed E-state index contributed by atoms with van der Waals surface area (Å²) in [5, 5.41) is 30.6. The van der Waals surface area contributed by atoms with Crippen LogP contribution in [0, 0.1) is 0 Å². The average Bonchev–Trinajstić information content (AvgIpc) is 3.52. The molecule has 10 nitrogen and oxygen atoms in total. The summed E-state index contributed by atoms with van der Waals surface area (Å²) in [6.45, 7) is 2.64. The molecule has 0 spiro atoms. The second-order valence-corrected chi connectivity index (χ2v) is 9.79. The van der Waals surface area contributed by atoms with E-state index < -0.39 is 18.1 Å². The lowest BCUT2D eigenvalue weighted by Gasteiger charge is -2.29. The third-order valence-corrected chi connectivity index (χ3v) is 7.48. The minimum Gasteiger partial charge on any atom is -0.394 e. The topological polar surface area (TPSA) is 121 Å². The number of halogens is 3. The second-order valence-electron chi connectivity index (χ2n) is 8.68. The third kappa shape index (κ3) is 4.79. The summed E-state index contributed by atoms with van der Waals surface area (Å²) in [6.07, 6.45) is -3.79. The lowest BCUT2D eigenvalue weighted by Crippen LogP contribution is -2.36. The summed E-state index contributed by atoms with van der Waals surface area (Å²) < 4.78 is 46.4. The molecular formula is C21H26F3N7O3S. The normalized spacial score (nSPS) is 22.7. The molecule has 0 bridgehead atoms. The van der Waals surface area contributed by atoms with Gasteiger partial charge in [0.2, 0.25) is 11.8 Å². The molecule has 3 aromatic rings. The van der Waals surface area contributed by atoms with E-state index in [1.165, 1.54) is 0 Å². The van der Waals surface area contributed by atoms with Crippen LogP contribution in [0.5, 0.6) is 0 Å². The Morgan fingerprint density at radius 1 is 1.23 bits per heavy atom. The number of nitrogens with zero attached hydrogens (tertiary/aromatic N) is 6. The van der Waals surface area contributed by atoms with Gasteiger partial charge in [0.05, 0.1) is 37.4 Å². The Balaban J connectivity index is 1.42. The van der Waals surface area contributed by atoms with Crippen molar-refractivity contribution in [3.05, 3.63) is 22.6 Å². The number of aromatic nitrogens is 5. The quantitative estimate of drug-likeness (QED) is 0.437. The van der Waals surface area contributed by atoms with Crippen molar-refractivity contribution in [3.8, 4) is 0 Å². The first kappa shape index (κ1) is 24.2. The van der Waals surface area contributed by atoms with Gasteiger partial charge in [-0.1, -0.05) is 6.92 Å². The van der Waals surface area contributed by atoms with E-state index in [2.05, 4.69) is 20.5 Å². The number of rotatable bonds is 7. The molecule has 1 aliphatic carbocycles. The highest BCUT2D eigenvalue weighted by Crippen LogP contribution is 2.36. The highest BCUT2D eigenvalue weighted by Gasteiger charge is 2.40. The zero-order chi connectivity index (χ0) is 24.7. The maximum Gasteiger partial charge on any atom is 0.451 e. The van der Waals surface area contributed by atoms with Gasteiger partial charge in [-0.3, -0.25) is 0 Å². The van der Waals surface area contributed by atoms with E-state index in [0.717, 1.165) is 26.1 Å². The van der Waals surface area contributed by atoms with Crippen molar-refractivity contribution < 1.29 is 28.1 Å². The maximum absolute atomic E-state index is 13.2. The van der Waals surface area contributed by atoms with Crippen LogP contribution < -0.4 is 10.2 Å². The zero-order valence-corrected chi connectivity index (χ0v) is 19.8. The number of aryl methyl sites for hydroxylation is 1. The summed E-state index contributed by atoms with van der Waals surface area (Å²) in [6, 6.07) is 1.90. The van der Waals surface area contributed by atoms with Crippen molar-refractivity contribution in [3.63, 3.8) is 0 Å². The number of thiophene rings is 1. The van der Waals surface area contributed by atoms with Gasteiger partial charge in [-0.05, 0) is 25.3 Å². The molecule has 3 N–H and O–H groups in total. The number of anilines is 2. The molecule has 0 radical (unpaired) electrons. The number of ether oxygens (including phenoxy) is 1. The molecule has 0 amide bonds. The van der Waals surface area contributed by atoms with E-state index >= 15 is 0 Å². The van der Waals surface area contributed by atoms with E-state index in [9.17, 15) is 18.3 Å². The van der Waals surface area contributed by atoms with E-state index in [0.29, 0.717) is 31.2 Å². The number of hydrogen-bond donors (Lipinski definition) is 3. The van der Waals surface area contributed by atoms with E-state index in [-0.39, 0.29) is 44.3 Å². The molecule has 35 heavy (non-hydrogen) atoms. The van der Waals surface area contributed by atoms with Gasteiger partial charge >= 0.3 is 6.18 Å². The molecule has 0 unspecified atom stereocenters. The van der Waals surface area contributed by atoms with Crippen molar-refractivity contribution in [1.82, 2.24) is 24.7 Å². The molecule has 4 heterocycles. The Kier molecular flexibility index (Phi) is 6.55. The van der Waals surface area contributed by atoms with Crippen LogP contribution in [0.15, 0.2) is 6.07 Å². The summed E-state index contributed by atoms with van der Waals surface area (Å²) >= 11 is 1.55. The van der Waals surface area contributed by atoms with Gasteiger partial charge in [-0.2, -0.15) is 18.2 Å². The SMILES string of the molecule is CCc1cc2c(N3CCn4c(nnc4C(F)(F)F)C3)nc(N[C@@H]3C[C@H](OCCO)[C@@H](O)C3)nc2s1. The highest BCUT2D eigenvalue weighted by molar-refractivity contribution is 7.18.